The van der Waals surface area contributed by atoms with Gasteiger partial charge in [-0.05, 0) is 75.5 Å². The van der Waals surface area contributed by atoms with Crippen molar-refractivity contribution in [2.45, 2.75) is 45.7 Å². The fourth-order valence-corrected chi connectivity index (χ4v) is 8.44. The van der Waals surface area contributed by atoms with Gasteiger partial charge in [-0.25, -0.2) is 9.52 Å². The van der Waals surface area contributed by atoms with E-state index in [1.54, 1.807) is 12.0 Å². The van der Waals surface area contributed by atoms with Crippen molar-refractivity contribution < 1.29 is 27.2 Å². The lowest BCUT2D eigenvalue weighted by molar-refractivity contribution is 0.0732. The molecule has 12 nitrogen and oxygen atoms in total. The van der Waals surface area contributed by atoms with Crippen LogP contribution in [0.15, 0.2) is 33.5 Å². The molecule has 3 aromatic rings. The van der Waals surface area contributed by atoms with Gasteiger partial charge in [-0.15, -0.1) is 0 Å². The molecule has 3 aliphatic rings. The number of methoxy groups -OCH3 is 1. The van der Waals surface area contributed by atoms with E-state index in [9.17, 15) is 22.8 Å². The Morgan fingerprint density at radius 3 is 2.51 bits per heavy atom. The van der Waals surface area contributed by atoms with E-state index in [2.05, 4.69) is 27.6 Å². The van der Waals surface area contributed by atoms with Crippen molar-refractivity contribution in [2.75, 3.05) is 64.9 Å². The molecule has 14 heteroatoms. The average Bonchev–Trinajstić information content (AvgIpc) is 3.60. The van der Waals surface area contributed by atoms with Crippen molar-refractivity contribution >= 4 is 50.3 Å². The molecule has 1 aromatic heterocycles. The fourth-order valence-electron chi connectivity index (χ4n) is 6.96. The second-order valence-electron chi connectivity index (χ2n) is 12.6. The number of hydrogen-bond acceptors (Lipinski definition) is 9. The molecule has 0 aliphatic carbocycles. The van der Waals surface area contributed by atoms with Crippen LogP contribution in [0.25, 0.3) is 11.0 Å². The van der Waals surface area contributed by atoms with Crippen LogP contribution in [0.5, 0.6) is 0 Å². The molecule has 2 saturated heterocycles. The minimum atomic E-state index is -3.96. The first-order valence-electron chi connectivity index (χ1n) is 15.8. The lowest BCUT2D eigenvalue weighted by atomic mass is 9.92. The molecular weight excluding hydrogens is 646 g/mol. The van der Waals surface area contributed by atoms with Crippen molar-refractivity contribution in [3.8, 4) is 0 Å². The Bertz CT molecular complexity index is 1910. The van der Waals surface area contributed by atoms with Crippen molar-refractivity contribution in [1.82, 2.24) is 18.8 Å². The molecule has 1 atom stereocenters. The number of piperazine rings is 1. The normalized spacial score (nSPS) is 19.3. The number of amides is 2. The molecule has 2 aromatic carbocycles. The van der Waals surface area contributed by atoms with Gasteiger partial charge in [0, 0.05) is 68.6 Å². The molecule has 0 saturated carbocycles. The molecule has 2 fully saturated rings. The van der Waals surface area contributed by atoms with Crippen LogP contribution in [0, 0.1) is 13.8 Å². The number of nitrogens with one attached hydrogen (secondary N) is 1. The topological polar surface area (TPSA) is 133 Å². The maximum atomic E-state index is 13.6. The van der Waals surface area contributed by atoms with Gasteiger partial charge >= 0.3 is 15.8 Å². The van der Waals surface area contributed by atoms with E-state index in [1.165, 1.54) is 22.5 Å². The van der Waals surface area contributed by atoms with E-state index < -0.39 is 27.6 Å². The van der Waals surface area contributed by atoms with Crippen molar-refractivity contribution in [3.63, 3.8) is 0 Å². The molecule has 6 rings (SSSR count). The predicted octanol–water partition coefficient (Wildman–Crippen LogP) is 3.10. The number of nitrogens with zero attached hydrogens (tertiary/aromatic N) is 4. The Labute approximate surface area is 279 Å². The molecule has 4 heterocycles. The van der Waals surface area contributed by atoms with Gasteiger partial charge in [0.1, 0.15) is 5.58 Å². The Morgan fingerprint density at radius 2 is 1.81 bits per heavy atom. The van der Waals surface area contributed by atoms with Crippen LogP contribution in [0.4, 0.5) is 5.69 Å². The quantitative estimate of drug-likeness (QED) is 0.373. The number of carbonyl (C=O) groups excluding carboxylic acids is 2. The highest BCUT2D eigenvalue weighted by atomic mass is 35.5. The number of ether oxygens (including phenoxy) is 1. The SMILES string of the molecule is COC[C@H]1CN(c2cc(C)c3c4c(c(=O)oc3c2C)CN(C(=O)c2ccc(C(=O)NS(=O)(=O)N3CCCC3)cc2Cl)CC4)CCN1C. The monoisotopic (exact) mass is 685 g/mol. The number of benzene rings is 2. The molecule has 0 spiro atoms. The van der Waals surface area contributed by atoms with Gasteiger partial charge < -0.3 is 19.0 Å². The Balaban J connectivity index is 1.23. The summed E-state index contributed by atoms with van der Waals surface area (Å²) in [6, 6.07) is 6.48. The van der Waals surface area contributed by atoms with Crippen LogP contribution in [0.3, 0.4) is 0 Å². The molecule has 0 unspecified atom stereocenters. The molecule has 0 radical (unpaired) electrons. The van der Waals surface area contributed by atoms with Crippen molar-refractivity contribution in [3.05, 3.63) is 73.1 Å². The fraction of sp³-hybridized carbons (Fsp3) is 0.485. The van der Waals surface area contributed by atoms with Gasteiger partial charge in [0.15, 0.2) is 0 Å². The van der Waals surface area contributed by atoms with Gasteiger partial charge in [0.25, 0.3) is 11.8 Å². The van der Waals surface area contributed by atoms with Gasteiger partial charge in [0.2, 0.25) is 0 Å². The van der Waals surface area contributed by atoms with Gasteiger partial charge in [0.05, 0.1) is 35.3 Å². The first-order valence-corrected chi connectivity index (χ1v) is 17.6. The van der Waals surface area contributed by atoms with Crippen molar-refractivity contribution in [1.29, 1.82) is 0 Å². The number of anilines is 1. The number of halogens is 1. The lowest BCUT2D eigenvalue weighted by Crippen LogP contribution is -2.53. The summed E-state index contributed by atoms with van der Waals surface area (Å²) in [4.78, 5) is 46.0. The van der Waals surface area contributed by atoms with Crippen LogP contribution in [0.1, 0.15) is 55.8 Å². The lowest BCUT2D eigenvalue weighted by Gasteiger charge is -2.41. The van der Waals surface area contributed by atoms with Crippen molar-refractivity contribution in [2.24, 2.45) is 0 Å². The van der Waals surface area contributed by atoms with Gasteiger partial charge in [-0.2, -0.15) is 12.7 Å². The number of aryl methyl sites for hydroxylation is 2. The van der Waals surface area contributed by atoms with E-state index in [0.717, 1.165) is 60.2 Å². The van der Waals surface area contributed by atoms with Crippen LogP contribution < -0.4 is 15.2 Å². The zero-order valence-electron chi connectivity index (χ0n) is 27.1. The number of fused-ring (bicyclic) bond motifs is 3. The first kappa shape index (κ1) is 33.4. The highest BCUT2D eigenvalue weighted by molar-refractivity contribution is 7.87. The second-order valence-corrected chi connectivity index (χ2v) is 14.7. The van der Waals surface area contributed by atoms with E-state index >= 15 is 0 Å². The summed E-state index contributed by atoms with van der Waals surface area (Å²) in [5, 5.41) is 0.918. The first-order chi connectivity index (χ1) is 22.4. The summed E-state index contributed by atoms with van der Waals surface area (Å²) in [6.45, 7) is 8.31. The third-order valence-electron chi connectivity index (χ3n) is 9.64. The van der Waals surface area contributed by atoms with E-state index in [-0.39, 0.29) is 28.7 Å². The minimum Gasteiger partial charge on any atom is -0.422 e. The minimum absolute atomic E-state index is 0.00760. The van der Waals surface area contributed by atoms with E-state index in [1.807, 2.05) is 13.8 Å². The number of rotatable bonds is 7. The van der Waals surface area contributed by atoms with Crippen LogP contribution in [0.2, 0.25) is 5.02 Å². The molecular formula is C33H40ClN5O7S. The smallest absolute Gasteiger partial charge is 0.341 e. The predicted molar refractivity (Wildman–Crippen MR) is 180 cm³/mol. The highest BCUT2D eigenvalue weighted by Gasteiger charge is 2.32. The molecule has 1 N–H and O–H groups in total. The second kappa shape index (κ2) is 13.2. The summed E-state index contributed by atoms with van der Waals surface area (Å²) >= 11 is 6.47. The number of carbonyl (C=O) groups is 2. The zero-order valence-corrected chi connectivity index (χ0v) is 28.7. The summed E-state index contributed by atoms with van der Waals surface area (Å²) in [7, 11) is -0.150. The van der Waals surface area contributed by atoms with Crippen LogP contribution >= 0.6 is 11.6 Å². The maximum Gasteiger partial charge on any atom is 0.341 e. The Hall–Kier alpha value is -3.49. The Kier molecular flexibility index (Phi) is 9.38. The van der Waals surface area contributed by atoms with Gasteiger partial charge in [-0.3, -0.25) is 14.5 Å². The Morgan fingerprint density at radius 1 is 1.06 bits per heavy atom. The van der Waals surface area contributed by atoms with Crippen LogP contribution in [-0.4, -0.2) is 100 Å². The summed E-state index contributed by atoms with van der Waals surface area (Å²) in [5.41, 5.74) is 4.55. The third-order valence-corrected chi connectivity index (χ3v) is 11.4. The third kappa shape index (κ3) is 6.39. The van der Waals surface area contributed by atoms with Gasteiger partial charge in [-0.1, -0.05) is 11.6 Å². The largest absolute Gasteiger partial charge is 0.422 e. The summed E-state index contributed by atoms with van der Waals surface area (Å²) in [5.74, 6) is -1.23. The standard InChI is InChI=1S/C33H40ClN5O7S/c1-20-15-28(37-14-13-36(3)23(17-37)19-45-4)21(2)30-29(20)24-9-12-38(18-26(24)33(42)46-30)32(41)25-8-7-22(16-27(25)34)31(40)35-47(43,44)39-10-5-6-11-39/h7-8,15-16,23H,5-6,9-14,17-19H2,1-4H3,(H,35,40)/t23-/m1/s1. The summed E-state index contributed by atoms with van der Waals surface area (Å²) < 4.78 is 39.8. The molecule has 2 amide bonds. The van der Waals surface area contributed by atoms with Crippen LogP contribution in [-0.2, 0) is 27.9 Å². The maximum absolute atomic E-state index is 13.6. The van der Waals surface area contributed by atoms with E-state index in [0.29, 0.717) is 43.8 Å². The summed E-state index contributed by atoms with van der Waals surface area (Å²) in [6.07, 6.45) is 1.94. The number of hydrogen-bond donors (Lipinski definition) is 1. The molecule has 3 aliphatic heterocycles. The molecule has 0 bridgehead atoms. The highest BCUT2D eigenvalue weighted by Crippen LogP contribution is 2.36. The number of likely N-dealkylation sites (N-methyl/N-ethyl adjacent to an activating group) is 1. The molecule has 252 valence electrons. The average molecular weight is 686 g/mol. The molecule has 47 heavy (non-hydrogen) atoms. The zero-order chi connectivity index (χ0) is 33.6. The van der Waals surface area contributed by atoms with E-state index in [4.69, 9.17) is 20.8 Å².